The van der Waals surface area contributed by atoms with Crippen molar-refractivity contribution in [1.29, 1.82) is 0 Å². The predicted octanol–water partition coefficient (Wildman–Crippen LogP) is -1.98. The van der Waals surface area contributed by atoms with Gasteiger partial charge < -0.3 is 11.5 Å². The molecule has 86 valence electrons. The second kappa shape index (κ2) is 5.10. The number of nitrogens with one attached hydrogen (secondary N) is 1. The average Bonchev–Trinajstić information content (AvgIpc) is 2.01. The number of aliphatic imine (C=N–C) groups is 1. The Bertz CT molecular complexity index is 291. The Labute approximate surface area is 85.8 Å². The van der Waals surface area contributed by atoms with E-state index in [0.717, 1.165) is 0 Å². The van der Waals surface area contributed by atoms with Crippen molar-refractivity contribution in [3.8, 4) is 0 Å². The lowest BCUT2D eigenvalue weighted by atomic mass is 10.1. The van der Waals surface area contributed by atoms with Gasteiger partial charge in [-0.05, 0) is 6.42 Å². The summed E-state index contributed by atoms with van der Waals surface area (Å²) in [5.41, 5.74) is 15.5. The highest BCUT2D eigenvalue weighted by Gasteiger charge is 2.31. The number of hydrogen-bond acceptors (Lipinski definition) is 5. The van der Waals surface area contributed by atoms with E-state index in [1.165, 1.54) is 0 Å². The van der Waals surface area contributed by atoms with Crippen LogP contribution >= 0.6 is 0 Å². The van der Waals surface area contributed by atoms with Crippen LogP contribution in [0.25, 0.3) is 0 Å². The zero-order valence-corrected chi connectivity index (χ0v) is 8.27. The molecule has 0 fully saturated rings. The molecule has 1 amide bonds. The maximum atomic E-state index is 11.0. The summed E-state index contributed by atoms with van der Waals surface area (Å²) in [5.74, 6) is -1.45. The van der Waals surface area contributed by atoms with Crippen molar-refractivity contribution in [3.63, 3.8) is 0 Å². The van der Waals surface area contributed by atoms with Crippen molar-refractivity contribution in [2.45, 2.75) is 25.4 Å². The number of amides is 1. The van der Waals surface area contributed by atoms with E-state index in [9.17, 15) is 14.9 Å². The molecule has 0 bridgehead atoms. The summed E-state index contributed by atoms with van der Waals surface area (Å²) in [6.07, 6.45) is 0.692. The number of hydrazine groups is 1. The molecule has 9 nitrogen and oxygen atoms in total. The van der Waals surface area contributed by atoms with Gasteiger partial charge in [-0.1, -0.05) is 18.8 Å². The van der Waals surface area contributed by atoms with Crippen LogP contribution in [0.4, 0.5) is 0 Å². The molecular weight excluding hydrogens is 204 g/mol. The van der Waals surface area contributed by atoms with Gasteiger partial charge in [-0.2, -0.15) is 0 Å². The molecule has 0 saturated heterocycles. The summed E-state index contributed by atoms with van der Waals surface area (Å²) in [6.45, 7) is 1.76. The molecule has 0 aliphatic carbocycles. The van der Waals surface area contributed by atoms with E-state index in [0.29, 0.717) is 6.42 Å². The van der Waals surface area contributed by atoms with Crippen LogP contribution in [-0.4, -0.2) is 22.6 Å². The van der Waals surface area contributed by atoms with Crippen LogP contribution in [0.5, 0.6) is 0 Å². The van der Waals surface area contributed by atoms with Gasteiger partial charge in [-0.25, -0.2) is 15.1 Å². The molecule has 0 aromatic heterocycles. The molecule has 0 unspecified atom stereocenters. The lowest BCUT2D eigenvalue weighted by Gasteiger charge is -2.20. The number of carbonyl (C=O) groups is 1. The molecule has 0 radical (unpaired) electrons. The average molecular weight is 218 g/mol. The van der Waals surface area contributed by atoms with Crippen molar-refractivity contribution in [3.05, 3.63) is 10.1 Å². The van der Waals surface area contributed by atoms with E-state index in [-0.39, 0.29) is 6.42 Å². The third-order valence-corrected chi connectivity index (χ3v) is 1.58. The van der Waals surface area contributed by atoms with Gasteiger partial charge >= 0.3 is 0 Å². The molecule has 0 aliphatic rings. The minimum Gasteiger partial charge on any atom is -0.366 e. The van der Waals surface area contributed by atoms with Gasteiger partial charge in [0.25, 0.3) is 11.9 Å². The van der Waals surface area contributed by atoms with Crippen molar-refractivity contribution >= 4 is 11.9 Å². The highest BCUT2D eigenvalue weighted by molar-refractivity contribution is 5.88. The topological polar surface area (TPSA) is 163 Å². The lowest BCUT2D eigenvalue weighted by Crippen LogP contribution is -2.53. The molecule has 1 atom stereocenters. The van der Waals surface area contributed by atoms with Gasteiger partial charge in [0, 0.05) is 0 Å². The van der Waals surface area contributed by atoms with Gasteiger partial charge in [0.15, 0.2) is 10.7 Å². The van der Waals surface area contributed by atoms with E-state index < -0.39 is 22.6 Å². The Morgan fingerprint density at radius 2 is 2.13 bits per heavy atom. The van der Waals surface area contributed by atoms with E-state index >= 15 is 0 Å². The number of primary amides is 1. The third-order valence-electron chi connectivity index (χ3n) is 1.58. The van der Waals surface area contributed by atoms with Crippen molar-refractivity contribution in [2.75, 3.05) is 0 Å². The molecule has 0 aliphatic heterocycles. The van der Waals surface area contributed by atoms with Gasteiger partial charge in [-0.3, -0.25) is 10.5 Å². The fourth-order valence-electron chi connectivity index (χ4n) is 0.949. The summed E-state index contributed by atoms with van der Waals surface area (Å²) in [4.78, 5) is 24.5. The lowest BCUT2D eigenvalue weighted by molar-refractivity contribution is -0.525. The third kappa shape index (κ3) is 4.22. The minimum atomic E-state index is -1.71. The first-order chi connectivity index (χ1) is 6.81. The van der Waals surface area contributed by atoms with Crippen LogP contribution < -0.4 is 22.6 Å². The Hall–Kier alpha value is -1.90. The SMILES string of the molecule is CCC[C@](N)(N=C(N)N[N+](=O)[O-])C(N)=O. The molecular formula is C6H14N6O3. The zero-order valence-electron chi connectivity index (χ0n) is 8.27. The first-order valence-electron chi connectivity index (χ1n) is 4.17. The van der Waals surface area contributed by atoms with Crippen molar-refractivity contribution in [1.82, 2.24) is 5.43 Å². The van der Waals surface area contributed by atoms with Gasteiger partial charge in [0.2, 0.25) is 0 Å². The molecule has 0 aromatic rings. The van der Waals surface area contributed by atoms with E-state index in [4.69, 9.17) is 17.2 Å². The summed E-state index contributed by atoms with van der Waals surface area (Å²) in [6, 6.07) is 0. The molecule has 0 heterocycles. The molecule has 9 heteroatoms. The summed E-state index contributed by atoms with van der Waals surface area (Å²) in [5, 5.41) is 9.09. The molecule has 0 spiro atoms. The van der Waals surface area contributed by atoms with Gasteiger partial charge in [0.05, 0.1) is 0 Å². The van der Waals surface area contributed by atoms with E-state index in [1.807, 2.05) is 0 Å². The minimum absolute atomic E-state index is 0.155. The maximum Gasteiger partial charge on any atom is 0.260 e. The molecule has 0 aromatic carbocycles. The van der Waals surface area contributed by atoms with E-state index in [2.05, 4.69) is 4.99 Å². The van der Waals surface area contributed by atoms with E-state index in [1.54, 1.807) is 12.3 Å². The van der Waals surface area contributed by atoms with Crippen molar-refractivity contribution < 1.29 is 9.83 Å². The molecule has 0 rings (SSSR count). The zero-order chi connectivity index (χ0) is 12.1. The number of guanidine groups is 1. The number of hydrogen-bond donors (Lipinski definition) is 4. The Morgan fingerprint density at radius 3 is 2.47 bits per heavy atom. The number of nitrogens with two attached hydrogens (primary N) is 3. The van der Waals surface area contributed by atoms with Crippen molar-refractivity contribution in [2.24, 2.45) is 22.2 Å². The number of nitrogens with zero attached hydrogens (tertiary/aromatic N) is 2. The summed E-state index contributed by atoms with van der Waals surface area (Å²) < 4.78 is 0. The summed E-state index contributed by atoms with van der Waals surface area (Å²) >= 11 is 0. The molecule has 15 heavy (non-hydrogen) atoms. The normalized spacial score (nSPS) is 15.5. The number of rotatable bonds is 5. The second-order valence-corrected chi connectivity index (χ2v) is 2.90. The summed E-state index contributed by atoms with van der Waals surface area (Å²) in [7, 11) is 0. The maximum absolute atomic E-state index is 11.0. The Balaban J connectivity index is 4.80. The smallest absolute Gasteiger partial charge is 0.260 e. The van der Waals surface area contributed by atoms with Crippen LogP contribution in [-0.2, 0) is 4.79 Å². The first-order valence-corrected chi connectivity index (χ1v) is 4.17. The fraction of sp³-hybridized carbons (Fsp3) is 0.667. The quantitative estimate of drug-likeness (QED) is 0.181. The first kappa shape index (κ1) is 13.1. The number of nitro groups is 1. The van der Waals surface area contributed by atoms with Crippen LogP contribution in [0.1, 0.15) is 19.8 Å². The number of carbonyl (C=O) groups excluding carboxylic acids is 1. The van der Waals surface area contributed by atoms with Crippen LogP contribution in [0, 0.1) is 10.1 Å². The largest absolute Gasteiger partial charge is 0.366 e. The van der Waals surface area contributed by atoms with Crippen LogP contribution in [0.15, 0.2) is 4.99 Å². The highest BCUT2D eigenvalue weighted by Crippen LogP contribution is 2.10. The Morgan fingerprint density at radius 1 is 1.60 bits per heavy atom. The predicted molar refractivity (Wildman–Crippen MR) is 52.8 cm³/mol. The van der Waals surface area contributed by atoms with Crippen LogP contribution in [0.3, 0.4) is 0 Å². The Kier molecular flexibility index (Phi) is 4.45. The molecule has 0 saturated carbocycles. The van der Waals surface area contributed by atoms with Gasteiger partial charge in [-0.15, -0.1) is 0 Å². The standard InChI is InChI=1S/C6H14N6O3/c1-2-3-6(9,4(7)13)10-5(8)11-12(14)15/h2-3,9H2,1H3,(H2,7,13)(H3,8,10,11)/t6-/m0/s1. The van der Waals surface area contributed by atoms with Crippen LogP contribution in [0.2, 0.25) is 0 Å². The van der Waals surface area contributed by atoms with Gasteiger partial charge in [0.1, 0.15) is 0 Å². The monoisotopic (exact) mass is 218 g/mol. The second-order valence-electron chi connectivity index (χ2n) is 2.90. The molecule has 7 N–H and O–H groups in total. The highest BCUT2D eigenvalue weighted by atomic mass is 16.7. The fourth-order valence-corrected chi connectivity index (χ4v) is 0.949.